The van der Waals surface area contributed by atoms with E-state index in [4.69, 9.17) is 0 Å². The van der Waals surface area contributed by atoms with Gasteiger partial charge in [-0.25, -0.2) is 9.69 Å². The zero-order valence-electron chi connectivity index (χ0n) is 17.1. The Balaban J connectivity index is 1.36. The first kappa shape index (κ1) is 20.3. The Hall–Kier alpha value is -2.96. The molecule has 0 spiro atoms. The largest absolute Gasteiger partial charge is 0.348 e. The average molecular weight is 409 g/mol. The fraction of sp³-hybridized carbons (Fsp3) is 0.478. The summed E-state index contributed by atoms with van der Waals surface area (Å²) in [6.45, 7) is -0.245. The van der Waals surface area contributed by atoms with Gasteiger partial charge in [-0.1, -0.05) is 35.9 Å². The molecular weight excluding hydrogens is 382 g/mol. The van der Waals surface area contributed by atoms with Crippen molar-refractivity contribution in [1.82, 2.24) is 15.1 Å². The lowest BCUT2D eigenvalue weighted by molar-refractivity contribution is -0.144. The Morgan fingerprint density at radius 3 is 2.60 bits per heavy atom. The van der Waals surface area contributed by atoms with Crippen molar-refractivity contribution in [2.24, 2.45) is 0 Å². The first-order chi connectivity index (χ1) is 14.5. The molecule has 1 heterocycles. The van der Waals surface area contributed by atoms with Crippen LogP contribution in [0.1, 0.15) is 62.1 Å². The highest BCUT2D eigenvalue weighted by atomic mass is 16.2. The van der Waals surface area contributed by atoms with Crippen LogP contribution in [0.15, 0.2) is 35.9 Å². The van der Waals surface area contributed by atoms with Gasteiger partial charge in [0.05, 0.1) is 6.04 Å². The molecule has 1 atom stereocenters. The quantitative estimate of drug-likeness (QED) is 0.445. The van der Waals surface area contributed by atoms with Crippen LogP contribution in [0.2, 0.25) is 0 Å². The van der Waals surface area contributed by atoms with Crippen molar-refractivity contribution in [3.05, 3.63) is 47.0 Å². The zero-order valence-corrected chi connectivity index (χ0v) is 17.1. The number of nitrogens with one attached hydrogen (secondary N) is 1. The van der Waals surface area contributed by atoms with Gasteiger partial charge < -0.3 is 5.32 Å². The molecule has 3 aliphatic rings. The van der Waals surface area contributed by atoms with Gasteiger partial charge >= 0.3 is 17.8 Å². The third-order valence-corrected chi connectivity index (χ3v) is 6.18. The Morgan fingerprint density at radius 1 is 1.00 bits per heavy atom. The highest BCUT2D eigenvalue weighted by Crippen LogP contribution is 2.29. The maximum atomic E-state index is 12.6. The zero-order chi connectivity index (χ0) is 21.1. The van der Waals surface area contributed by atoms with Crippen molar-refractivity contribution < 1.29 is 19.2 Å². The maximum absolute atomic E-state index is 12.6. The Labute approximate surface area is 176 Å². The average Bonchev–Trinajstić information content (AvgIpc) is 2.96. The molecule has 1 fully saturated rings. The van der Waals surface area contributed by atoms with Crippen molar-refractivity contribution >= 4 is 23.8 Å². The molecule has 0 unspecified atom stereocenters. The maximum Gasteiger partial charge on any atom is 0.334 e. The van der Waals surface area contributed by atoms with Crippen LogP contribution < -0.4 is 5.32 Å². The topological polar surface area (TPSA) is 86.8 Å². The number of carbonyl (C=O) groups excluding carboxylic acids is 4. The first-order valence-electron chi connectivity index (χ1n) is 10.8. The van der Waals surface area contributed by atoms with Gasteiger partial charge in [0.2, 0.25) is 5.91 Å². The van der Waals surface area contributed by atoms with E-state index in [0.717, 1.165) is 60.3 Å². The fourth-order valence-corrected chi connectivity index (χ4v) is 4.56. The number of allylic oxidation sites excluding steroid dienone is 1. The normalized spacial score (nSPS) is 21.5. The lowest BCUT2D eigenvalue weighted by atomic mass is 9.88. The van der Waals surface area contributed by atoms with E-state index in [1.54, 1.807) is 0 Å². The molecule has 1 N–H and O–H groups in total. The van der Waals surface area contributed by atoms with Crippen molar-refractivity contribution in [2.45, 2.75) is 57.4 Å². The molecule has 0 radical (unpaired) electrons. The Bertz CT molecular complexity index is 907. The highest BCUT2D eigenvalue weighted by Gasteiger charge is 2.45. The summed E-state index contributed by atoms with van der Waals surface area (Å²) >= 11 is 0. The van der Waals surface area contributed by atoms with Crippen LogP contribution in [0.25, 0.3) is 0 Å². The predicted octanol–water partition coefficient (Wildman–Crippen LogP) is 2.86. The number of nitrogens with zero attached hydrogens (tertiary/aromatic N) is 2. The van der Waals surface area contributed by atoms with E-state index in [-0.39, 0.29) is 12.6 Å². The Kier molecular flexibility index (Phi) is 5.97. The number of aryl methyl sites for hydroxylation is 1. The molecule has 1 aromatic rings. The summed E-state index contributed by atoms with van der Waals surface area (Å²) in [7, 11) is 0. The predicted molar refractivity (Wildman–Crippen MR) is 110 cm³/mol. The second-order valence-corrected chi connectivity index (χ2v) is 8.20. The van der Waals surface area contributed by atoms with Gasteiger partial charge in [0.1, 0.15) is 6.54 Å². The van der Waals surface area contributed by atoms with Crippen LogP contribution in [0.5, 0.6) is 0 Å². The molecule has 0 saturated carbocycles. The van der Waals surface area contributed by atoms with E-state index >= 15 is 0 Å². The molecular formula is C23H27N3O4. The van der Waals surface area contributed by atoms with E-state index in [0.29, 0.717) is 6.42 Å². The van der Waals surface area contributed by atoms with Crippen molar-refractivity contribution in [1.29, 1.82) is 0 Å². The summed E-state index contributed by atoms with van der Waals surface area (Å²) < 4.78 is 0. The molecule has 158 valence electrons. The number of amides is 5. The second kappa shape index (κ2) is 8.81. The van der Waals surface area contributed by atoms with Crippen molar-refractivity contribution in [2.75, 3.05) is 13.1 Å². The lowest BCUT2D eigenvalue weighted by Gasteiger charge is -2.27. The number of carbonyl (C=O) groups is 4. The van der Waals surface area contributed by atoms with E-state index in [1.807, 2.05) is 18.2 Å². The van der Waals surface area contributed by atoms with E-state index in [2.05, 4.69) is 17.5 Å². The number of hydrogen-bond donors (Lipinski definition) is 1. The van der Waals surface area contributed by atoms with Crippen LogP contribution in [0, 0.1) is 0 Å². The highest BCUT2D eigenvalue weighted by molar-refractivity contribution is 6.45. The van der Waals surface area contributed by atoms with E-state index < -0.39 is 30.3 Å². The fourth-order valence-electron chi connectivity index (χ4n) is 4.56. The summed E-state index contributed by atoms with van der Waals surface area (Å²) in [5, 5.41) is 2.93. The third kappa shape index (κ3) is 4.15. The van der Waals surface area contributed by atoms with Gasteiger partial charge in [0.25, 0.3) is 0 Å². The number of hydrogen-bond acceptors (Lipinski definition) is 4. The Morgan fingerprint density at radius 2 is 1.80 bits per heavy atom. The molecule has 1 aliphatic heterocycles. The molecule has 1 saturated heterocycles. The number of urea groups is 1. The minimum Gasteiger partial charge on any atom is -0.348 e. The summed E-state index contributed by atoms with van der Waals surface area (Å²) in [4.78, 5) is 51.6. The lowest BCUT2D eigenvalue weighted by Crippen LogP contribution is -2.43. The molecule has 5 amide bonds. The molecule has 7 nitrogen and oxygen atoms in total. The van der Waals surface area contributed by atoms with Crippen LogP contribution in [-0.2, 0) is 20.8 Å². The molecule has 1 aromatic carbocycles. The van der Waals surface area contributed by atoms with Crippen molar-refractivity contribution in [3.63, 3.8) is 0 Å². The molecule has 4 rings (SSSR count). The summed E-state index contributed by atoms with van der Waals surface area (Å²) in [6.07, 6.45) is 9.77. The number of rotatable bonds is 6. The smallest absolute Gasteiger partial charge is 0.334 e. The van der Waals surface area contributed by atoms with Gasteiger partial charge in [-0.15, -0.1) is 0 Å². The van der Waals surface area contributed by atoms with Crippen LogP contribution in [0.3, 0.4) is 0 Å². The number of fused-ring (bicyclic) bond motifs is 1. The monoisotopic (exact) mass is 409 g/mol. The summed E-state index contributed by atoms with van der Waals surface area (Å²) in [5.41, 5.74) is 3.51. The van der Waals surface area contributed by atoms with Crippen LogP contribution in [0.4, 0.5) is 4.79 Å². The SMILES string of the molecule is O=C(CN1C(=O)C(=O)N(CCC2=CCCCC2)C1=O)N[C@@H]1CCCc2ccccc21. The van der Waals surface area contributed by atoms with Gasteiger partial charge in [0, 0.05) is 6.54 Å². The van der Waals surface area contributed by atoms with Gasteiger partial charge in [-0.05, 0) is 62.5 Å². The molecule has 0 aromatic heterocycles. The van der Waals surface area contributed by atoms with E-state index in [9.17, 15) is 19.2 Å². The molecule has 2 aliphatic carbocycles. The van der Waals surface area contributed by atoms with Gasteiger partial charge in [-0.2, -0.15) is 0 Å². The minimum absolute atomic E-state index is 0.139. The van der Waals surface area contributed by atoms with Crippen LogP contribution >= 0.6 is 0 Å². The molecule has 30 heavy (non-hydrogen) atoms. The third-order valence-electron chi connectivity index (χ3n) is 6.18. The standard InChI is InChI=1S/C23H27N3O4/c27-20(24-19-12-6-10-17-9-4-5-11-18(17)19)15-26-22(29)21(28)25(23(26)30)14-13-16-7-2-1-3-8-16/h4-5,7,9,11,19H,1-3,6,8,10,12-15H2,(H,24,27)/t19-/m1/s1. The number of benzene rings is 1. The number of imide groups is 2. The molecule has 7 heteroatoms. The van der Waals surface area contributed by atoms with Gasteiger partial charge in [0.15, 0.2) is 0 Å². The van der Waals surface area contributed by atoms with Gasteiger partial charge in [-0.3, -0.25) is 19.3 Å². The summed E-state index contributed by atoms with van der Waals surface area (Å²) in [6, 6.07) is 7.14. The minimum atomic E-state index is -0.920. The van der Waals surface area contributed by atoms with E-state index in [1.165, 1.54) is 11.1 Å². The first-order valence-corrected chi connectivity index (χ1v) is 10.8. The van der Waals surface area contributed by atoms with Crippen molar-refractivity contribution in [3.8, 4) is 0 Å². The summed E-state index contributed by atoms with van der Waals surface area (Å²) in [5.74, 6) is -2.19. The van der Waals surface area contributed by atoms with Crippen LogP contribution in [-0.4, -0.2) is 46.6 Å². The molecule has 0 bridgehead atoms. The second-order valence-electron chi connectivity index (χ2n) is 8.20.